The quantitative estimate of drug-likeness (QED) is 0.593. The molecule has 0 radical (unpaired) electrons. The first-order chi connectivity index (χ1) is 15.1. The summed E-state index contributed by atoms with van der Waals surface area (Å²) < 4.78 is 22.1. The number of nitrogens with zero attached hydrogens (tertiary/aromatic N) is 2. The van der Waals surface area contributed by atoms with Crippen LogP contribution >= 0.6 is 11.6 Å². The fourth-order valence-corrected chi connectivity index (χ4v) is 3.74. The number of primary amides is 1. The summed E-state index contributed by atoms with van der Waals surface area (Å²) in [4.78, 5) is 16.7. The van der Waals surface area contributed by atoms with Crippen molar-refractivity contribution in [1.82, 2.24) is 9.55 Å². The van der Waals surface area contributed by atoms with Gasteiger partial charge in [0.15, 0.2) is 5.82 Å². The Morgan fingerprint density at radius 3 is 2.81 bits per heavy atom. The molecule has 164 valence electrons. The van der Waals surface area contributed by atoms with Crippen molar-refractivity contribution < 1.29 is 19.0 Å². The van der Waals surface area contributed by atoms with E-state index in [4.69, 9.17) is 22.1 Å². The molecule has 0 saturated carbocycles. The maximum Gasteiger partial charge on any atom is 0.284 e. The van der Waals surface area contributed by atoms with Gasteiger partial charge in [-0.25, -0.2) is 9.37 Å². The highest BCUT2D eigenvalue weighted by atomic mass is 35.5. The van der Waals surface area contributed by atoms with E-state index in [0.29, 0.717) is 35.0 Å². The molecule has 3 aromatic rings. The van der Waals surface area contributed by atoms with Gasteiger partial charge < -0.3 is 20.1 Å². The van der Waals surface area contributed by atoms with Crippen molar-refractivity contribution in [2.45, 2.75) is 32.4 Å². The average Bonchev–Trinajstić information content (AvgIpc) is 2.97. The third kappa shape index (κ3) is 4.33. The summed E-state index contributed by atoms with van der Waals surface area (Å²) in [7, 11) is 0. The largest absolute Gasteiger partial charge is 0.492 e. The Morgan fingerprint density at radius 1 is 1.38 bits per heavy atom. The molecule has 1 aliphatic rings. The monoisotopic (exact) mass is 453 g/mol. The number of nitrogens with two attached hydrogens (primary N) is 1. The SMILES string of the molecule is CC(C)(O)C#Cc1cc2c(cc1F)OCCc1c-2nc(C(N)=O)n1Cc1ccccc1Cl. The van der Waals surface area contributed by atoms with Crippen LogP contribution in [0.5, 0.6) is 5.75 Å². The van der Waals surface area contributed by atoms with Crippen molar-refractivity contribution in [1.29, 1.82) is 0 Å². The maximum atomic E-state index is 14.6. The lowest BCUT2D eigenvalue weighted by Gasteiger charge is -2.11. The van der Waals surface area contributed by atoms with E-state index in [0.717, 1.165) is 11.3 Å². The third-order valence-electron chi connectivity index (χ3n) is 5.00. The van der Waals surface area contributed by atoms with Crippen molar-refractivity contribution in [2.75, 3.05) is 6.61 Å². The van der Waals surface area contributed by atoms with E-state index in [2.05, 4.69) is 16.8 Å². The van der Waals surface area contributed by atoms with Gasteiger partial charge in [0.25, 0.3) is 5.91 Å². The minimum atomic E-state index is -1.28. The fraction of sp³-hybridized carbons (Fsp3) is 0.250. The van der Waals surface area contributed by atoms with E-state index in [1.165, 1.54) is 26.0 Å². The smallest absolute Gasteiger partial charge is 0.284 e. The number of imidazole rings is 1. The molecular weight excluding hydrogens is 433 g/mol. The van der Waals surface area contributed by atoms with E-state index >= 15 is 0 Å². The van der Waals surface area contributed by atoms with Crippen LogP contribution in [0.2, 0.25) is 5.02 Å². The fourth-order valence-electron chi connectivity index (χ4n) is 3.54. The minimum Gasteiger partial charge on any atom is -0.492 e. The van der Waals surface area contributed by atoms with Crippen molar-refractivity contribution in [2.24, 2.45) is 5.73 Å². The first-order valence-corrected chi connectivity index (χ1v) is 10.4. The summed E-state index contributed by atoms with van der Waals surface area (Å²) in [5.74, 6) is 4.40. The zero-order chi connectivity index (χ0) is 23.0. The van der Waals surface area contributed by atoms with Gasteiger partial charge in [0.2, 0.25) is 0 Å². The van der Waals surface area contributed by atoms with Gasteiger partial charge in [0.1, 0.15) is 17.2 Å². The number of hydrogen-bond acceptors (Lipinski definition) is 4. The van der Waals surface area contributed by atoms with Crippen LogP contribution < -0.4 is 10.5 Å². The zero-order valence-corrected chi connectivity index (χ0v) is 18.3. The van der Waals surface area contributed by atoms with Gasteiger partial charge in [0, 0.05) is 28.8 Å². The van der Waals surface area contributed by atoms with Crippen LogP contribution in [0.15, 0.2) is 36.4 Å². The van der Waals surface area contributed by atoms with Gasteiger partial charge in [-0.2, -0.15) is 0 Å². The number of benzene rings is 2. The number of amides is 1. The number of hydrogen-bond donors (Lipinski definition) is 2. The number of ether oxygens (including phenoxy) is 1. The Morgan fingerprint density at radius 2 is 2.12 bits per heavy atom. The number of carbonyl (C=O) groups excluding carboxylic acids is 1. The third-order valence-corrected chi connectivity index (χ3v) is 5.37. The second-order valence-corrected chi connectivity index (χ2v) is 8.42. The molecule has 0 spiro atoms. The van der Waals surface area contributed by atoms with Crippen LogP contribution in [-0.4, -0.2) is 32.8 Å². The molecule has 0 aliphatic carbocycles. The van der Waals surface area contributed by atoms with Crippen molar-refractivity contribution in [3.63, 3.8) is 0 Å². The number of fused-ring (bicyclic) bond motifs is 3. The normalized spacial score (nSPS) is 12.7. The van der Waals surface area contributed by atoms with Gasteiger partial charge in [-0.05, 0) is 31.5 Å². The maximum absolute atomic E-state index is 14.6. The van der Waals surface area contributed by atoms with Gasteiger partial charge in [0.05, 0.1) is 24.4 Å². The lowest BCUT2D eigenvalue weighted by Crippen LogP contribution is -2.20. The molecule has 32 heavy (non-hydrogen) atoms. The number of aromatic nitrogens is 2. The molecule has 1 aliphatic heterocycles. The predicted octanol–water partition coefficient (Wildman–Crippen LogP) is 3.55. The molecule has 3 N–H and O–H groups in total. The van der Waals surface area contributed by atoms with Crippen LogP contribution in [0, 0.1) is 17.7 Å². The predicted molar refractivity (Wildman–Crippen MR) is 119 cm³/mol. The average molecular weight is 454 g/mol. The minimum absolute atomic E-state index is 0.0798. The topological polar surface area (TPSA) is 90.4 Å². The number of carbonyl (C=O) groups is 1. The second-order valence-electron chi connectivity index (χ2n) is 8.01. The van der Waals surface area contributed by atoms with Gasteiger partial charge in [-0.1, -0.05) is 41.6 Å². The highest BCUT2D eigenvalue weighted by molar-refractivity contribution is 6.31. The van der Waals surface area contributed by atoms with Gasteiger partial charge in [-0.15, -0.1) is 0 Å². The molecular formula is C24H21ClFN3O3. The molecule has 0 atom stereocenters. The first kappa shape index (κ1) is 21.9. The Balaban J connectivity index is 1.89. The Bertz CT molecular complexity index is 1280. The molecule has 2 aromatic carbocycles. The number of rotatable bonds is 3. The number of halogens is 2. The van der Waals surface area contributed by atoms with Crippen molar-refractivity contribution in [3.05, 3.63) is 69.9 Å². The molecule has 0 unspecified atom stereocenters. The molecule has 8 heteroatoms. The molecule has 1 aromatic heterocycles. The summed E-state index contributed by atoms with van der Waals surface area (Å²) in [6, 6.07) is 10.1. The van der Waals surface area contributed by atoms with Crippen LogP contribution in [0.4, 0.5) is 4.39 Å². The van der Waals surface area contributed by atoms with Crippen LogP contribution in [-0.2, 0) is 13.0 Å². The van der Waals surface area contributed by atoms with E-state index in [1.807, 2.05) is 18.2 Å². The van der Waals surface area contributed by atoms with Gasteiger partial charge in [-0.3, -0.25) is 4.79 Å². The molecule has 1 amide bonds. The Hall–Kier alpha value is -3.34. The first-order valence-electron chi connectivity index (χ1n) is 9.99. The Kier molecular flexibility index (Phi) is 5.68. The molecule has 2 heterocycles. The van der Waals surface area contributed by atoms with E-state index in [1.54, 1.807) is 10.6 Å². The summed E-state index contributed by atoms with van der Waals surface area (Å²) >= 11 is 6.33. The Labute approximate surface area is 189 Å². The second kappa shape index (κ2) is 8.30. The summed E-state index contributed by atoms with van der Waals surface area (Å²) in [6.45, 7) is 3.58. The summed E-state index contributed by atoms with van der Waals surface area (Å²) in [5, 5.41) is 10.4. The van der Waals surface area contributed by atoms with Crippen molar-refractivity contribution in [3.8, 4) is 28.8 Å². The lowest BCUT2D eigenvalue weighted by molar-refractivity contribution is 0.0986. The van der Waals surface area contributed by atoms with E-state index in [9.17, 15) is 14.3 Å². The van der Waals surface area contributed by atoms with Crippen LogP contribution in [0.3, 0.4) is 0 Å². The highest BCUT2D eigenvalue weighted by Gasteiger charge is 2.27. The molecule has 0 fully saturated rings. The summed E-state index contributed by atoms with van der Waals surface area (Å²) in [6.07, 6.45) is 0.432. The molecule has 0 saturated heterocycles. The van der Waals surface area contributed by atoms with Crippen LogP contribution in [0.1, 0.15) is 41.3 Å². The standard InChI is InChI=1S/C24H21ClFN3O3/c1-24(2,31)9-7-14-11-16-20(12-18(14)26)32-10-8-19-21(16)28-23(22(27)30)29(19)13-15-5-3-4-6-17(15)25/h3-6,11-12,31H,8,10,13H2,1-2H3,(H2,27,30). The highest BCUT2D eigenvalue weighted by Crippen LogP contribution is 2.37. The summed E-state index contributed by atoms with van der Waals surface area (Å²) in [5.41, 5.74) is 6.94. The number of aliphatic hydroxyl groups is 1. The van der Waals surface area contributed by atoms with E-state index < -0.39 is 17.3 Å². The van der Waals surface area contributed by atoms with Crippen LogP contribution in [0.25, 0.3) is 11.3 Å². The lowest BCUT2D eigenvalue weighted by atomic mass is 10.0. The van der Waals surface area contributed by atoms with Crippen molar-refractivity contribution >= 4 is 17.5 Å². The molecule has 6 nitrogen and oxygen atoms in total. The zero-order valence-electron chi connectivity index (χ0n) is 17.6. The van der Waals surface area contributed by atoms with E-state index in [-0.39, 0.29) is 18.0 Å². The van der Waals surface area contributed by atoms with Gasteiger partial charge >= 0.3 is 0 Å². The molecule has 0 bridgehead atoms. The molecule has 4 rings (SSSR count).